The summed E-state index contributed by atoms with van der Waals surface area (Å²) < 4.78 is 0. The van der Waals surface area contributed by atoms with E-state index in [4.69, 9.17) is 21.8 Å². The fraction of sp³-hybridized carbons (Fsp3) is 1.00. The van der Waals surface area contributed by atoms with Crippen LogP contribution in [0.4, 0.5) is 0 Å². The van der Waals surface area contributed by atoms with Crippen LogP contribution in [0.1, 0.15) is 0 Å². The second kappa shape index (κ2) is 107. The van der Waals surface area contributed by atoms with E-state index in [0.29, 0.717) is 0 Å². The van der Waals surface area contributed by atoms with Gasteiger partial charge in [0.1, 0.15) is 0 Å². The van der Waals surface area contributed by atoms with Crippen LogP contribution >= 0.6 is 11.6 Å². The van der Waals surface area contributed by atoms with E-state index in [2.05, 4.69) is 7.85 Å². The molecule has 0 fully saturated rings. The van der Waals surface area contributed by atoms with E-state index < -0.39 is 0 Å². The molecule has 0 bridgehead atoms. The molecule has 0 amide bonds. The molecule has 0 spiro atoms. The summed E-state index contributed by atoms with van der Waals surface area (Å²) in [6.07, 6.45) is 0. The molecule has 0 radical (unpaired) electrons. The summed E-state index contributed by atoms with van der Waals surface area (Å²) in [5.41, 5.74) is 0. The van der Waals surface area contributed by atoms with E-state index in [-0.39, 0.29) is 5.78 Å². The average Bonchev–Trinajstić information content (AvgIpc) is 1.78. The van der Waals surface area contributed by atoms with E-state index >= 15 is 0 Å². The first-order valence-electron chi connectivity index (χ1n) is 1.49. The molecule has 4 heteroatoms. The minimum atomic E-state index is 0.222. The number of alkyl halides is 1. The van der Waals surface area contributed by atoms with Crippen molar-refractivity contribution in [2.45, 2.75) is 0 Å². The molecule has 0 aliphatic carbocycles. The Kier molecular flexibility index (Phi) is 241. The Bertz CT molecular complexity index is 12.9. The Morgan fingerprint density at radius 1 is 1.29 bits per heavy atom. The summed E-state index contributed by atoms with van der Waals surface area (Å²) in [5, 5.41) is 16.5. The van der Waals surface area contributed by atoms with Gasteiger partial charge < -0.3 is 10.2 Å². The van der Waals surface area contributed by atoms with Gasteiger partial charge in [-0.2, -0.15) is 14.2 Å². The van der Waals surface area contributed by atoms with Crippen LogP contribution in [0.5, 0.6) is 0 Å². The van der Waals surface area contributed by atoms with Crippen LogP contribution in [0.3, 0.4) is 0 Å². The molecule has 0 saturated carbocycles. The maximum absolute atomic E-state index is 8.25. The van der Waals surface area contributed by atoms with Crippen molar-refractivity contribution in [2.24, 2.45) is 0 Å². The summed E-state index contributed by atoms with van der Waals surface area (Å²) in [6.45, 7) is 0. The first-order chi connectivity index (χ1) is 3.41. The summed E-state index contributed by atoms with van der Waals surface area (Å²) in [7, 11) is 6.11. The van der Waals surface area contributed by atoms with E-state index in [9.17, 15) is 0 Å². The molecule has 7 heavy (non-hydrogen) atoms. The molecule has 0 saturated heterocycles. The summed E-state index contributed by atoms with van der Waals surface area (Å²) >= 11 is 4.78. The maximum atomic E-state index is 8.25. The van der Waals surface area contributed by atoms with Gasteiger partial charge in [0.15, 0.2) is 0 Å². The number of hydrogen-bond donors (Lipinski definition) is 0. The molecule has 0 aliphatic rings. The Labute approximate surface area is 50.5 Å². The molecule has 42 valence electrons. The van der Waals surface area contributed by atoms with Gasteiger partial charge in [-0.15, -0.1) is 0 Å². The Morgan fingerprint density at radius 3 is 1.29 bits per heavy atom. The molecular formula is C3H8BClO2. The molecule has 0 atom stereocenters. The topological polar surface area (TPSA) is 46.1 Å². The number of rotatable bonds is 0. The standard InChI is InChI=1S/CH2BCl.2CH3O/c2-1-3;2*1-2/h1H2;2*1H3/q+2;2*-1. The average molecular weight is 122 g/mol. The Hall–Kier alpha value is 0.275. The van der Waals surface area contributed by atoms with Crippen LogP contribution in [0.15, 0.2) is 0 Å². The molecule has 0 heterocycles. The van der Waals surface area contributed by atoms with Crippen molar-refractivity contribution < 1.29 is 10.2 Å². The van der Waals surface area contributed by atoms with Crippen LogP contribution in [0.25, 0.3) is 0 Å². The molecule has 0 unspecified atom stereocenters. The molecule has 0 aromatic carbocycles. The predicted octanol–water partition coefficient (Wildman–Crippen LogP) is -1.70. The van der Waals surface area contributed by atoms with E-state index in [1.54, 1.807) is 0 Å². The minimum absolute atomic E-state index is 0.222. The third-order valence-electron chi connectivity index (χ3n) is 0. The van der Waals surface area contributed by atoms with Gasteiger partial charge in [0.05, 0.1) is 0 Å². The van der Waals surface area contributed by atoms with Crippen LogP contribution in [-0.4, -0.2) is 27.8 Å². The zero-order chi connectivity index (χ0) is 6.71. The van der Waals surface area contributed by atoms with Crippen molar-refractivity contribution in [3.05, 3.63) is 0 Å². The Morgan fingerprint density at radius 2 is 1.29 bits per heavy atom. The number of hydrogen-bond acceptors (Lipinski definition) is 2. The van der Waals surface area contributed by atoms with Crippen LogP contribution in [-0.2, 0) is 0 Å². The SMILES string of the molecule is C[O-].C[O-].[B+2]CCl. The van der Waals surface area contributed by atoms with E-state index in [1.807, 2.05) is 0 Å². The van der Waals surface area contributed by atoms with Crippen molar-refractivity contribution in [2.75, 3.05) is 20.0 Å². The zero-order valence-electron chi connectivity index (χ0n) is 4.48. The third kappa shape index (κ3) is 1520. The first kappa shape index (κ1) is 15.7. The van der Waals surface area contributed by atoms with Crippen LogP contribution in [0, 0.1) is 0 Å². The van der Waals surface area contributed by atoms with Crippen molar-refractivity contribution in [3.8, 4) is 0 Å². The van der Waals surface area contributed by atoms with Gasteiger partial charge in [-0.1, -0.05) is 0 Å². The van der Waals surface area contributed by atoms with E-state index in [1.165, 1.54) is 0 Å². The van der Waals surface area contributed by atoms with Gasteiger partial charge in [0.2, 0.25) is 0 Å². The van der Waals surface area contributed by atoms with Gasteiger partial charge in [-0.05, 0) is 0 Å². The molecule has 0 aliphatic heterocycles. The molecule has 2 nitrogen and oxygen atoms in total. The normalized spacial score (nSPS) is 4.43. The summed E-state index contributed by atoms with van der Waals surface area (Å²) in [5.74, 6) is 0.222. The van der Waals surface area contributed by atoms with Gasteiger partial charge in [-0.3, -0.25) is 0 Å². The van der Waals surface area contributed by atoms with Gasteiger partial charge in [0.25, 0.3) is 0 Å². The molecular weight excluding hydrogens is 114 g/mol. The van der Waals surface area contributed by atoms with Crippen molar-refractivity contribution in [1.82, 2.24) is 0 Å². The fourth-order valence-electron chi connectivity index (χ4n) is 0. The molecule has 0 N–H and O–H groups in total. The van der Waals surface area contributed by atoms with Crippen LogP contribution < -0.4 is 10.2 Å². The molecule has 0 aromatic heterocycles. The van der Waals surface area contributed by atoms with E-state index in [0.717, 1.165) is 14.2 Å². The van der Waals surface area contributed by atoms with Gasteiger partial charge in [-0.25, -0.2) is 0 Å². The van der Waals surface area contributed by atoms with Crippen molar-refractivity contribution in [1.29, 1.82) is 0 Å². The monoisotopic (exact) mass is 122 g/mol. The molecule has 0 rings (SSSR count). The zero-order valence-corrected chi connectivity index (χ0v) is 5.23. The summed E-state index contributed by atoms with van der Waals surface area (Å²) in [6, 6.07) is 0. The Balaban J connectivity index is -0.0000000360. The summed E-state index contributed by atoms with van der Waals surface area (Å²) in [4.78, 5) is 0. The fourth-order valence-corrected chi connectivity index (χ4v) is 0. The van der Waals surface area contributed by atoms with Gasteiger partial charge >= 0.3 is 25.2 Å². The predicted molar refractivity (Wildman–Crippen MR) is 28.3 cm³/mol. The second-order valence-electron chi connectivity index (χ2n) is 0.154. The first-order valence-corrected chi connectivity index (χ1v) is 2.03. The van der Waals surface area contributed by atoms with Crippen LogP contribution in [0.2, 0.25) is 0 Å². The second-order valence-corrected chi connectivity index (χ2v) is 0.463. The third-order valence-corrected chi connectivity index (χ3v) is 0. The quantitative estimate of drug-likeness (QED) is 0.284. The molecule has 0 aromatic rings. The number of halogens is 1. The van der Waals surface area contributed by atoms with Gasteiger partial charge in [0, 0.05) is 0 Å². The van der Waals surface area contributed by atoms with Crippen molar-refractivity contribution in [3.63, 3.8) is 0 Å². The van der Waals surface area contributed by atoms with Crippen molar-refractivity contribution >= 4 is 19.4 Å².